The van der Waals surface area contributed by atoms with Gasteiger partial charge in [0.2, 0.25) is 0 Å². The van der Waals surface area contributed by atoms with Gasteiger partial charge in [0.25, 0.3) is 5.91 Å². The van der Waals surface area contributed by atoms with E-state index in [9.17, 15) is 10.1 Å². The number of allylic oxidation sites excluding steroid dienone is 1. The first-order chi connectivity index (χ1) is 18.6. The molecule has 0 aliphatic rings. The van der Waals surface area contributed by atoms with E-state index in [0.717, 1.165) is 27.6 Å². The van der Waals surface area contributed by atoms with Crippen LogP contribution >= 0.6 is 0 Å². The molecule has 0 unspecified atom stereocenters. The predicted molar refractivity (Wildman–Crippen MR) is 151 cm³/mol. The molecule has 0 spiro atoms. The monoisotopic (exact) mass is 505 g/mol. The molecule has 0 fully saturated rings. The van der Waals surface area contributed by atoms with Gasteiger partial charge in [-0.15, -0.1) is 6.58 Å². The van der Waals surface area contributed by atoms with Gasteiger partial charge >= 0.3 is 0 Å². The smallest absolute Gasteiger partial charge is 0.261 e. The number of carbonyl (C=O) groups excluding carboxylic acids is 1. The topological polar surface area (TPSA) is 87.1 Å². The van der Waals surface area contributed by atoms with Crippen molar-refractivity contribution in [1.29, 1.82) is 5.26 Å². The van der Waals surface area contributed by atoms with E-state index < -0.39 is 5.91 Å². The Balaban J connectivity index is 1.51. The number of H-pyrrole nitrogens is 1. The van der Waals surface area contributed by atoms with E-state index in [-0.39, 0.29) is 5.57 Å². The van der Waals surface area contributed by atoms with Gasteiger partial charge in [0.1, 0.15) is 18.2 Å². The van der Waals surface area contributed by atoms with E-state index in [4.69, 9.17) is 9.47 Å². The third-order valence-electron chi connectivity index (χ3n) is 6.08. The lowest BCUT2D eigenvalue weighted by Gasteiger charge is -2.17. The molecule has 0 aliphatic heterocycles. The summed E-state index contributed by atoms with van der Waals surface area (Å²) in [4.78, 5) is 16.1. The van der Waals surface area contributed by atoms with Crippen molar-refractivity contribution < 1.29 is 14.3 Å². The maximum Gasteiger partial charge on any atom is 0.261 e. The SMILES string of the molecule is C=CCc1cc(/C=C(/C#N)C(=O)NCCc2c[nH]c3ccccc23)cc(OCC)c1OCc1ccccc1. The molecule has 6 heteroatoms. The lowest BCUT2D eigenvalue weighted by molar-refractivity contribution is -0.117. The molecule has 0 aliphatic carbocycles. The normalized spacial score (nSPS) is 11.1. The highest BCUT2D eigenvalue weighted by molar-refractivity contribution is 6.01. The number of amides is 1. The van der Waals surface area contributed by atoms with Crippen LogP contribution in [-0.2, 0) is 24.2 Å². The number of nitrogens with one attached hydrogen (secondary N) is 2. The summed E-state index contributed by atoms with van der Waals surface area (Å²) in [5.74, 6) is 0.778. The highest BCUT2D eigenvalue weighted by Crippen LogP contribution is 2.35. The molecule has 1 amide bonds. The van der Waals surface area contributed by atoms with E-state index in [1.165, 1.54) is 0 Å². The number of para-hydroxylation sites is 1. The maximum absolute atomic E-state index is 12.8. The summed E-state index contributed by atoms with van der Waals surface area (Å²) >= 11 is 0. The van der Waals surface area contributed by atoms with Crippen LogP contribution in [0.4, 0.5) is 0 Å². The molecule has 4 aromatic rings. The van der Waals surface area contributed by atoms with Gasteiger partial charge in [-0.3, -0.25) is 4.79 Å². The first-order valence-corrected chi connectivity index (χ1v) is 12.6. The van der Waals surface area contributed by atoms with Crippen LogP contribution in [0.5, 0.6) is 11.5 Å². The molecule has 1 heterocycles. The molecule has 0 radical (unpaired) electrons. The fourth-order valence-corrected chi connectivity index (χ4v) is 4.29. The number of fused-ring (bicyclic) bond motifs is 1. The minimum atomic E-state index is -0.417. The van der Waals surface area contributed by atoms with Crippen molar-refractivity contribution in [2.75, 3.05) is 13.2 Å². The second-order valence-corrected chi connectivity index (χ2v) is 8.74. The van der Waals surface area contributed by atoms with Crippen molar-refractivity contribution in [3.63, 3.8) is 0 Å². The van der Waals surface area contributed by atoms with E-state index in [1.54, 1.807) is 18.2 Å². The van der Waals surface area contributed by atoms with Gasteiger partial charge in [0, 0.05) is 29.2 Å². The first-order valence-electron chi connectivity index (χ1n) is 12.6. The van der Waals surface area contributed by atoms with Crippen molar-refractivity contribution in [3.05, 3.63) is 113 Å². The molecule has 0 atom stereocenters. The van der Waals surface area contributed by atoms with Gasteiger partial charge in [-0.2, -0.15) is 5.26 Å². The molecule has 6 nitrogen and oxygen atoms in total. The second-order valence-electron chi connectivity index (χ2n) is 8.74. The van der Waals surface area contributed by atoms with E-state index in [0.29, 0.717) is 49.7 Å². The van der Waals surface area contributed by atoms with Gasteiger partial charge in [-0.25, -0.2) is 0 Å². The summed E-state index contributed by atoms with van der Waals surface area (Å²) in [5.41, 5.74) is 4.78. The quantitative estimate of drug-likeness (QED) is 0.138. The summed E-state index contributed by atoms with van der Waals surface area (Å²) in [7, 11) is 0. The minimum absolute atomic E-state index is 0.0221. The highest BCUT2D eigenvalue weighted by atomic mass is 16.5. The van der Waals surface area contributed by atoms with Crippen LogP contribution in [0, 0.1) is 11.3 Å². The van der Waals surface area contributed by atoms with Crippen molar-refractivity contribution in [2.45, 2.75) is 26.4 Å². The van der Waals surface area contributed by atoms with Crippen molar-refractivity contribution in [2.24, 2.45) is 0 Å². The van der Waals surface area contributed by atoms with Crippen molar-refractivity contribution in [3.8, 4) is 17.6 Å². The Morgan fingerprint density at radius 3 is 2.63 bits per heavy atom. The Hall–Kier alpha value is -4.76. The Morgan fingerprint density at radius 2 is 1.87 bits per heavy atom. The number of rotatable bonds is 12. The summed E-state index contributed by atoms with van der Waals surface area (Å²) in [6, 6.07) is 23.7. The summed E-state index contributed by atoms with van der Waals surface area (Å²) in [6.45, 7) is 7.02. The third kappa shape index (κ3) is 6.51. The van der Waals surface area contributed by atoms with Crippen molar-refractivity contribution in [1.82, 2.24) is 10.3 Å². The standard InChI is InChI=1S/C32H31N3O3/c1-3-10-25-17-24(19-30(37-4-2)31(25)38-22-23-11-6-5-7-12-23)18-27(20-33)32(36)34-16-15-26-21-35-29-14-9-8-13-28(26)29/h3,5-9,11-14,17-19,21,35H,1,4,10,15-16,22H2,2H3,(H,34,36)/b27-18-. The Bertz CT molecular complexity index is 1480. The molecule has 3 aromatic carbocycles. The Kier molecular flexibility index (Phi) is 8.98. The lowest BCUT2D eigenvalue weighted by Crippen LogP contribution is -2.26. The van der Waals surface area contributed by atoms with E-state index >= 15 is 0 Å². The number of hydrogen-bond donors (Lipinski definition) is 2. The average Bonchev–Trinajstić information content (AvgIpc) is 3.35. The molecule has 0 saturated heterocycles. The highest BCUT2D eigenvalue weighted by Gasteiger charge is 2.15. The molecule has 4 rings (SSSR count). The minimum Gasteiger partial charge on any atom is -0.490 e. The van der Waals surface area contributed by atoms with Gasteiger partial charge in [0.05, 0.1) is 6.61 Å². The van der Waals surface area contributed by atoms with Crippen molar-refractivity contribution >= 4 is 22.9 Å². The molecule has 0 bridgehead atoms. The molecule has 0 saturated carbocycles. The van der Waals surface area contributed by atoms with Gasteiger partial charge in [-0.05, 0) is 60.7 Å². The van der Waals surface area contributed by atoms with Crippen LogP contribution in [0.3, 0.4) is 0 Å². The number of carbonyl (C=O) groups is 1. The molecule has 38 heavy (non-hydrogen) atoms. The average molecular weight is 506 g/mol. The van der Waals surface area contributed by atoms with Crippen LogP contribution in [0.25, 0.3) is 17.0 Å². The van der Waals surface area contributed by atoms with Crippen LogP contribution in [0.15, 0.2) is 91.2 Å². The third-order valence-corrected chi connectivity index (χ3v) is 6.08. The zero-order valence-electron chi connectivity index (χ0n) is 21.5. The van der Waals surface area contributed by atoms with Crippen LogP contribution in [0.2, 0.25) is 0 Å². The zero-order valence-corrected chi connectivity index (χ0v) is 21.5. The summed E-state index contributed by atoms with van der Waals surface area (Å²) in [6.07, 6.45) is 6.52. The summed E-state index contributed by atoms with van der Waals surface area (Å²) < 4.78 is 12.1. The Labute approximate surface area is 223 Å². The van der Waals surface area contributed by atoms with Crippen LogP contribution in [-0.4, -0.2) is 24.0 Å². The fourth-order valence-electron chi connectivity index (χ4n) is 4.29. The predicted octanol–water partition coefficient (Wildman–Crippen LogP) is 6.14. The number of nitriles is 1. The number of aromatic amines is 1. The van der Waals surface area contributed by atoms with Crippen LogP contribution < -0.4 is 14.8 Å². The number of nitrogens with zero attached hydrogens (tertiary/aromatic N) is 1. The summed E-state index contributed by atoms with van der Waals surface area (Å²) in [5, 5.41) is 13.7. The molecule has 192 valence electrons. The van der Waals surface area contributed by atoms with Gasteiger partial charge in [0.15, 0.2) is 11.5 Å². The zero-order chi connectivity index (χ0) is 26.7. The number of ether oxygens (including phenoxy) is 2. The molecular weight excluding hydrogens is 474 g/mol. The van der Waals surface area contributed by atoms with Gasteiger partial charge in [-0.1, -0.05) is 54.6 Å². The first kappa shape index (κ1) is 26.3. The molecular formula is C32H31N3O3. The molecule has 2 N–H and O–H groups in total. The maximum atomic E-state index is 12.8. The second kappa shape index (κ2) is 13.0. The number of aromatic nitrogens is 1. The largest absolute Gasteiger partial charge is 0.490 e. The van der Waals surface area contributed by atoms with Crippen LogP contribution in [0.1, 0.15) is 29.2 Å². The Morgan fingerprint density at radius 1 is 1.08 bits per heavy atom. The fraction of sp³-hybridized carbons (Fsp3) is 0.188. The lowest BCUT2D eigenvalue weighted by atomic mass is 10.0. The van der Waals surface area contributed by atoms with E-state index in [2.05, 4.69) is 16.9 Å². The van der Waals surface area contributed by atoms with E-state index in [1.807, 2.05) is 79.9 Å². The van der Waals surface area contributed by atoms with Gasteiger partial charge < -0.3 is 19.8 Å². The number of benzene rings is 3. The number of hydrogen-bond acceptors (Lipinski definition) is 4. The molecule has 1 aromatic heterocycles.